The van der Waals surface area contributed by atoms with Gasteiger partial charge in [-0.3, -0.25) is 4.79 Å². The topological polar surface area (TPSA) is 120 Å². The number of nitrogens with zero attached hydrogens (tertiary/aromatic N) is 6. The van der Waals surface area contributed by atoms with E-state index in [1.807, 2.05) is 30.6 Å². The number of carbonyl (C=O) groups excluding carboxylic acids is 1. The van der Waals surface area contributed by atoms with E-state index in [9.17, 15) is 18.0 Å². The van der Waals surface area contributed by atoms with Crippen molar-refractivity contribution in [3.8, 4) is 0 Å². The summed E-state index contributed by atoms with van der Waals surface area (Å²) in [5, 5.41) is 9.34. The van der Waals surface area contributed by atoms with Crippen LogP contribution >= 0.6 is 0 Å². The summed E-state index contributed by atoms with van der Waals surface area (Å²) in [6.45, 7) is 9.44. The number of fused-ring (bicyclic) bond motifs is 1. The van der Waals surface area contributed by atoms with Crippen molar-refractivity contribution in [1.29, 1.82) is 0 Å². The molecule has 14 heteroatoms. The van der Waals surface area contributed by atoms with Gasteiger partial charge in [0.15, 0.2) is 5.82 Å². The van der Waals surface area contributed by atoms with Gasteiger partial charge in [-0.1, -0.05) is 6.07 Å². The van der Waals surface area contributed by atoms with E-state index in [0.29, 0.717) is 73.6 Å². The molecule has 0 aliphatic carbocycles. The van der Waals surface area contributed by atoms with E-state index in [2.05, 4.69) is 30.9 Å². The zero-order valence-corrected chi connectivity index (χ0v) is 25.1. The predicted molar refractivity (Wildman–Crippen MR) is 166 cm³/mol. The SMILES string of the molecule is Cc1ccc(C(=O)Nc2cc(N3C[C@@H](C)N[C@@H](C)C3)cc(C(F)(F)F)c2)cc1Nc1ncnc2cnc(N3CCOCC3)nc12. The first kappa shape index (κ1) is 30.5. The molecule has 2 atom stereocenters. The van der Waals surface area contributed by atoms with E-state index < -0.39 is 17.6 Å². The fourth-order valence-corrected chi connectivity index (χ4v) is 5.65. The molecule has 1 amide bonds. The van der Waals surface area contributed by atoms with Crippen molar-refractivity contribution in [2.45, 2.75) is 39.0 Å². The highest BCUT2D eigenvalue weighted by Crippen LogP contribution is 2.35. The van der Waals surface area contributed by atoms with Gasteiger partial charge in [-0.2, -0.15) is 13.2 Å². The second-order valence-corrected chi connectivity index (χ2v) is 11.5. The van der Waals surface area contributed by atoms with Gasteiger partial charge < -0.3 is 30.5 Å². The van der Waals surface area contributed by atoms with E-state index in [1.54, 1.807) is 30.5 Å². The summed E-state index contributed by atoms with van der Waals surface area (Å²) in [6, 6.07) is 8.91. The molecule has 236 valence electrons. The number of nitrogens with one attached hydrogen (secondary N) is 3. The van der Waals surface area contributed by atoms with Crippen LogP contribution in [-0.2, 0) is 10.9 Å². The van der Waals surface area contributed by atoms with Crippen molar-refractivity contribution in [2.24, 2.45) is 0 Å². The number of anilines is 5. The van der Waals surface area contributed by atoms with Crippen molar-refractivity contribution in [3.05, 3.63) is 65.6 Å². The number of amides is 1. The van der Waals surface area contributed by atoms with Crippen LogP contribution in [0.15, 0.2) is 48.9 Å². The lowest BCUT2D eigenvalue weighted by molar-refractivity contribution is -0.137. The van der Waals surface area contributed by atoms with Gasteiger partial charge in [0.2, 0.25) is 5.95 Å². The van der Waals surface area contributed by atoms with Crippen molar-refractivity contribution in [1.82, 2.24) is 25.3 Å². The first-order chi connectivity index (χ1) is 21.5. The average molecular weight is 622 g/mol. The molecule has 2 saturated heterocycles. The number of morpholine rings is 1. The number of rotatable bonds is 6. The number of aromatic nitrogens is 4. The van der Waals surface area contributed by atoms with Gasteiger partial charge in [0.05, 0.1) is 25.0 Å². The molecule has 4 heterocycles. The number of hydrogen-bond acceptors (Lipinski definition) is 10. The molecule has 0 saturated carbocycles. The van der Waals surface area contributed by atoms with Gasteiger partial charge in [0.25, 0.3) is 5.91 Å². The summed E-state index contributed by atoms with van der Waals surface area (Å²) in [4.78, 5) is 35.2. The van der Waals surface area contributed by atoms with Gasteiger partial charge >= 0.3 is 6.18 Å². The van der Waals surface area contributed by atoms with Crippen molar-refractivity contribution >= 4 is 45.8 Å². The highest BCUT2D eigenvalue weighted by Gasteiger charge is 2.33. The number of carbonyl (C=O) groups is 1. The van der Waals surface area contributed by atoms with Crippen molar-refractivity contribution in [3.63, 3.8) is 0 Å². The van der Waals surface area contributed by atoms with E-state index in [0.717, 1.165) is 17.7 Å². The van der Waals surface area contributed by atoms with E-state index in [1.165, 1.54) is 6.33 Å². The number of aryl methyl sites for hydroxylation is 1. The standard InChI is InChI=1S/C31H34F3N9O2/c1-18-4-5-21(10-25(18)40-28-27-26(36-17-37-28)14-35-30(41-27)42-6-8-45-9-7-42)29(44)39-23-11-22(31(32,33)34)12-24(13-23)43-15-19(2)38-20(3)16-43/h4-5,10-14,17,19-20,38H,6-9,15-16H2,1-3H3,(H,39,44)(H,36,37,40)/t19-,20+. The maximum absolute atomic E-state index is 13.9. The van der Waals surface area contributed by atoms with E-state index in [4.69, 9.17) is 9.72 Å². The molecule has 2 aliphatic rings. The first-order valence-electron chi connectivity index (χ1n) is 14.8. The van der Waals surface area contributed by atoms with Crippen LogP contribution in [0.4, 0.5) is 42.0 Å². The third kappa shape index (κ3) is 6.91. The average Bonchev–Trinajstić information content (AvgIpc) is 3.01. The molecule has 2 aromatic carbocycles. The number of ether oxygens (including phenoxy) is 1. The van der Waals surface area contributed by atoms with Crippen LogP contribution in [0.25, 0.3) is 11.0 Å². The molecule has 0 bridgehead atoms. The monoisotopic (exact) mass is 621 g/mol. The van der Waals surface area contributed by atoms with Crippen LogP contribution in [0.5, 0.6) is 0 Å². The molecule has 6 rings (SSSR count). The quantitative estimate of drug-likeness (QED) is 0.278. The van der Waals surface area contributed by atoms with Crippen LogP contribution < -0.4 is 25.8 Å². The van der Waals surface area contributed by atoms with E-state index in [-0.39, 0.29) is 23.3 Å². The Morgan fingerprint density at radius 2 is 1.76 bits per heavy atom. The molecular formula is C31H34F3N9O2. The fourth-order valence-electron chi connectivity index (χ4n) is 5.65. The Morgan fingerprint density at radius 3 is 2.49 bits per heavy atom. The molecule has 2 fully saturated rings. The molecule has 11 nitrogen and oxygen atoms in total. The molecule has 0 unspecified atom stereocenters. The summed E-state index contributed by atoms with van der Waals surface area (Å²) in [5.41, 5.74) is 2.37. The summed E-state index contributed by atoms with van der Waals surface area (Å²) >= 11 is 0. The highest BCUT2D eigenvalue weighted by molar-refractivity contribution is 6.05. The predicted octanol–water partition coefficient (Wildman–Crippen LogP) is 4.77. The Morgan fingerprint density at radius 1 is 1.00 bits per heavy atom. The van der Waals surface area contributed by atoms with Crippen molar-refractivity contribution in [2.75, 3.05) is 59.8 Å². The summed E-state index contributed by atoms with van der Waals surface area (Å²) in [5.74, 6) is 0.424. The van der Waals surface area contributed by atoms with Gasteiger partial charge in [-0.05, 0) is 56.7 Å². The third-order valence-corrected chi connectivity index (χ3v) is 7.84. The van der Waals surface area contributed by atoms with Crippen LogP contribution in [-0.4, -0.2) is 77.3 Å². The zero-order chi connectivity index (χ0) is 31.7. The Labute approximate surface area is 258 Å². The first-order valence-corrected chi connectivity index (χ1v) is 14.8. The number of piperazine rings is 1. The summed E-state index contributed by atoms with van der Waals surface area (Å²) < 4.78 is 47.1. The van der Waals surface area contributed by atoms with Crippen LogP contribution in [0.2, 0.25) is 0 Å². The lowest BCUT2D eigenvalue weighted by Gasteiger charge is -2.38. The third-order valence-electron chi connectivity index (χ3n) is 7.84. The van der Waals surface area contributed by atoms with Crippen LogP contribution in [0, 0.1) is 6.92 Å². The lowest BCUT2D eigenvalue weighted by Crippen LogP contribution is -2.54. The number of alkyl halides is 3. The minimum absolute atomic E-state index is 0.0629. The fraction of sp³-hybridized carbons (Fsp3) is 0.387. The second kappa shape index (κ2) is 12.4. The maximum atomic E-state index is 13.9. The molecule has 2 aliphatic heterocycles. The maximum Gasteiger partial charge on any atom is 0.416 e. The molecule has 4 aromatic rings. The molecule has 0 spiro atoms. The molecular weight excluding hydrogens is 587 g/mol. The summed E-state index contributed by atoms with van der Waals surface area (Å²) in [6.07, 6.45) is -1.53. The van der Waals surface area contributed by atoms with E-state index >= 15 is 0 Å². The molecule has 45 heavy (non-hydrogen) atoms. The Kier molecular flexibility index (Phi) is 8.42. The van der Waals surface area contributed by atoms with Gasteiger partial charge in [0.1, 0.15) is 17.4 Å². The summed E-state index contributed by atoms with van der Waals surface area (Å²) in [7, 11) is 0. The molecule has 3 N–H and O–H groups in total. The number of benzene rings is 2. The van der Waals surface area contributed by atoms with Gasteiger partial charge in [-0.15, -0.1) is 0 Å². The normalized spacial score (nSPS) is 19.1. The number of halogens is 3. The zero-order valence-electron chi connectivity index (χ0n) is 25.1. The van der Waals surface area contributed by atoms with Gasteiger partial charge in [0, 0.05) is 60.9 Å². The Hall–Kier alpha value is -4.56. The van der Waals surface area contributed by atoms with Crippen LogP contribution in [0.3, 0.4) is 0 Å². The Balaban J connectivity index is 1.26. The minimum Gasteiger partial charge on any atom is -0.378 e. The van der Waals surface area contributed by atoms with Crippen LogP contribution in [0.1, 0.15) is 35.3 Å². The lowest BCUT2D eigenvalue weighted by atomic mass is 10.1. The van der Waals surface area contributed by atoms with Gasteiger partial charge in [-0.25, -0.2) is 19.9 Å². The number of hydrogen-bond donors (Lipinski definition) is 3. The Bertz CT molecular complexity index is 1700. The molecule has 0 radical (unpaired) electrons. The van der Waals surface area contributed by atoms with Crippen molar-refractivity contribution < 1.29 is 22.7 Å². The molecule has 2 aromatic heterocycles. The smallest absolute Gasteiger partial charge is 0.378 e. The second-order valence-electron chi connectivity index (χ2n) is 11.5. The largest absolute Gasteiger partial charge is 0.416 e. The highest BCUT2D eigenvalue weighted by atomic mass is 19.4. The minimum atomic E-state index is -4.58.